The second-order valence-electron chi connectivity index (χ2n) is 7.06. The average Bonchev–Trinajstić information content (AvgIpc) is 1.91. The molecule has 3 saturated carbocycles. The molecule has 0 heterocycles. The van der Waals surface area contributed by atoms with Crippen LogP contribution in [-0.2, 0) is 9.22 Å². The minimum Gasteiger partial charge on any atom is -0.411 e. The van der Waals surface area contributed by atoms with Gasteiger partial charge in [0.1, 0.15) is 6.29 Å². The standard InChI is InChI=1S/C12H22O2Si/c1-10(2,3)15(4,5)14-12-6-11(7-12,8-12)9-13/h9H,6-8H2,1-5H3. The minimum absolute atomic E-state index is 0.0301. The van der Waals surface area contributed by atoms with Crippen molar-refractivity contribution in [3.63, 3.8) is 0 Å². The summed E-state index contributed by atoms with van der Waals surface area (Å²) in [7, 11) is -1.63. The maximum atomic E-state index is 10.8. The van der Waals surface area contributed by atoms with Crippen LogP contribution in [0.2, 0.25) is 18.1 Å². The molecule has 0 saturated heterocycles. The van der Waals surface area contributed by atoms with Gasteiger partial charge in [0.15, 0.2) is 8.32 Å². The van der Waals surface area contributed by atoms with Crippen LogP contribution in [0.25, 0.3) is 0 Å². The monoisotopic (exact) mass is 226 g/mol. The van der Waals surface area contributed by atoms with E-state index in [9.17, 15) is 4.79 Å². The summed E-state index contributed by atoms with van der Waals surface area (Å²) in [6.45, 7) is 11.4. The summed E-state index contributed by atoms with van der Waals surface area (Å²) in [6.07, 6.45) is 4.09. The van der Waals surface area contributed by atoms with Gasteiger partial charge in [0, 0.05) is 5.41 Å². The van der Waals surface area contributed by atoms with Crippen molar-refractivity contribution in [2.24, 2.45) is 5.41 Å². The highest BCUT2D eigenvalue weighted by Gasteiger charge is 2.70. The summed E-state index contributed by atoms with van der Waals surface area (Å²) < 4.78 is 6.40. The first kappa shape index (κ1) is 11.3. The van der Waals surface area contributed by atoms with E-state index in [1.165, 1.54) is 0 Å². The molecule has 15 heavy (non-hydrogen) atoms. The van der Waals surface area contributed by atoms with E-state index in [2.05, 4.69) is 33.9 Å². The number of carbonyl (C=O) groups is 1. The lowest BCUT2D eigenvalue weighted by molar-refractivity contribution is -0.232. The summed E-state index contributed by atoms with van der Waals surface area (Å²) in [6, 6.07) is 0. The molecular weight excluding hydrogens is 204 g/mol. The lowest BCUT2D eigenvalue weighted by atomic mass is 9.42. The van der Waals surface area contributed by atoms with Gasteiger partial charge in [-0.25, -0.2) is 0 Å². The van der Waals surface area contributed by atoms with Gasteiger partial charge < -0.3 is 9.22 Å². The Hall–Kier alpha value is -0.153. The van der Waals surface area contributed by atoms with Crippen LogP contribution in [0.1, 0.15) is 40.0 Å². The molecule has 0 amide bonds. The number of hydrogen-bond acceptors (Lipinski definition) is 2. The molecule has 0 aromatic heterocycles. The van der Waals surface area contributed by atoms with Crippen LogP contribution in [0.3, 0.4) is 0 Å². The highest BCUT2D eigenvalue weighted by Crippen LogP contribution is 2.69. The molecule has 86 valence electrons. The molecule has 2 bridgehead atoms. The van der Waals surface area contributed by atoms with Gasteiger partial charge in [0.25, 0.3) is 0 Å². The highest BCUT2D eigenvalue weighted by atomic mass is 28.4. The van der Waals surface area contributed by atoms with Crippen molar-refractivity contribution >= 4 is 14.6 Å². The van der Waals surface area contributed by atoms with Crippen molar-refractivity contribution in [2.45, 2.75) is 63.8 Å². The molecule has 3 fully saturated rings. The van der Waals surface area contributed by atoms with Gasteiger partial charge >= 0.3 is 0 Å². The smallest absolute Gasteiger partial charge is 0.192 e. The number of carbonyl (C=O) groups excluding carboxylic acids is 1. The van der Waals surface area contributed by atoms with E-state index >= 15 is 0 Å². The van der Waals surface area contributed by atoms with Crippen molar-refractivity contribution < 1.29 is 9.22 Å². The Balaban J connectivity index is 1.98. The van der Waals surface area contributed by atoms with Crippen LogP contribution >= 0.6 is 0 Å². The van der Waals surface area contributed by atoms with Gasteiger partial charge in [-0.05, 0) is 37.4 Å². The summed E-state index contributed by atoms with van der Waals surface area (Å²) >= 11 is 0. The van der Waals surface area contributed by atoms with Gasteiger partial charge in [0.2, 0.25) is 0 Å². The van der Waals surface area contributed by atoms with Crippen molar-refractivity contribution in [3.8, 4) is 0 Å². The second-order valence-corrected chi connectivity index (χ2v) is 11.8. The average molecular weight is 226 g/mol. The molecule has 0 atom stereocenters. The fourth-order valence-corrected chi connectivity index (χ4v) is 4.30. The molecule has 0 aliphatic heterocycles. The van der Waals surface area contributed by atoms with Gasteiger partial charge in [-0.3, -0.25) is 0 Å². The molecule has 0 N–H and O–H groups in total. The molecule has 2 nitrogen and oxygen atoms in total. The third-order valence-electron chi connectivity index (χ3n) is 4.55. The Morgan fingerprint density at radius 1 is 1.20 bits per heavy atom. The number of aldehydes is 1. The van der Waals surface area contributed by atoms with Crippen LogP contribution in [0.5, 0.6) is 0 Å². The van der Waals surface area contributed by atoms with Gasteiger partial charge in [-0.2, -0.15) is 0 Å². The van der Waals surface area contributed by atoms with E-state index < -0.39 is 8.32 Å². The van der Waals surface area contributed by atoms with Crippen molar-refractivity contribution in [3.05, 3.63) is 0 Å². The molecule has 3 heteroatoms. The number of rotatable bonds is 3. The minimum atomic E-state index is -1.63. The first-order chi connectivity index (χ1) is 6.64. The molecule has 0 aromatic rings. The topological polar surface area (TPSA) is 26.3 Å². The molecule has 3 aliphatic rings. The predicted octanol–water partition coefficient (Wildman–Crippen LogP) is 3.13. The Morgan fingerprint density at radius 3 is 2.00 bits per heavy atom. The van der Waals surface area contributed by atoms with E-state index in [4.69, 9.17) is 4.43 Å². The van der Waals surface area contributed by atoms with Crippen LogP contribution in [0.4, 0.5) is 0 Å². The summed E-state index contributed by atoms with van der Waals surface area (Å²) in [5.74, 6) is 0. The van der Waals surface area contributed by atoms with Crippen molar-refractivity contribution in [1.82, 2.24) is 0 Å². The molecule has 0 aromatic carbocycles. The highest BCUT2D eigenvalue weighted by molar-refractivity contribution is 6.74. The van der Waals surface area contributed by atoms with E-state index in [0.717, 1.165) is 25.5 Å². The molecule has 0 spiro atoms. The lowest BCUT2D eigenvalue weighted by Crippen LogP contribution is -2.72. The Morgan fingerprint density at radius 2 is 1.67 bits per heavy atom. The maximum Gasteiger partial charge on any atom is 0.192 e. The van der Waals surface area contributed by atoms with E-state index in [-0.39, 0.29) is 16.1 Å². The van der Waals surface area contributed by atoms with E-state index in [0.29, 0.717) is 0 Å². The normalized spacial score (nSPS) is 39.3. The fraction of sp³-hybridized carbons (Fsp3) is 0.917. The van der Waals surface area contributed by atoms with Crippen LogP contribution in [0, 0.1) is 5.41 Å². The largest absolute Gasteiger partial charge is 0.411 e. The Bertz CT molecular complexity index is 281. The van der Waals surface area contributed by atoms with E-state index in [1.807, 2.05) is 0 Å². The van der Waals surface area contributed by atoms with Gasteiger partial charge in [-0.1, -0.05) is 20.8 Å². The quantitative estimate of drug-likeness (QED) is 0.546. The zero-order valence-electron chi connectivity index (χ0n) is 10.5. The molecule has 0 unspecified atom stereocenters. The van der Waals surface area contributed by atoms with Crippen molar-refractivity contribution in [1.29, 1.82) is 0 Å². The predicted molar refractivity (Wildman–Crippen MR) is 63.4 cm³/mol. The van der Waals surface area contributed by atoms with Gasteiger partial charge in [0.05, 0.1) is 5.60 Å². The summed E-state index contributed by atoms with van der Waals surface area (Å²) in [5.41, 5.74) is 0.131. The first-order valence-electron chi connectivity index (χ1n) is 5.80. The van der Waals surface area contributed by atoms with E-state index in [1.54, 1.807) is 0 Å². The second kappa shape index (κ2) is 2.75. The molecular formula is C12H22O2Si. The van der Waals surface area contributed by atoms with Crippen molar-refractivity contribution in [2.75, 3.05) is 0 Å². The molecule has 0 radical (unpaired) electrons. The maximum absolute atomic E-state index is 10.8. The zero-order valence-corrected chi connectivity index (χ0v) is 11.5. The van der Waals surface area contributed by atoms with Crippen LogP contribution in [0.15, 0.2) is 0 Å². The third kappa shape index (κ3) is 1.51. The fourth-order valence-electron chi connectivity index (χ4n) is 2.70. The SMILES string of the molecule is CC(C)(C)[Si](C)(C)OC12CC(C=O)(C1)C2. The molecule has 3 aliphatic carbocycles. The number of hydrogen-bond donors (Lipinski definition) is 0. The summed E-state index contributed by atoms with van der Waals surface area (Å²) in [5, 5.41) is 0.275. The molecule has 3 rings (SSSR count). The first-order valence-corrected chi connectivity index (χ1v) is 8.71. The van der Waals surface area contributed by atoms with Crippen LogP contribution in [-0.4, -0.2) is 20.2 Å². The zero-order chi connectivity index (χ0) is 11.5. The third-order valence-corrected chi connectivity index (χ3v) is 9.11. The lowest BCUT2D eigenvalue weighted by Gasteiger charge is -2.69. The Kier molecular flexibility index (Phi) is 2.08. The van der Waals surface area contributed by atoms with Gasteiger partial charge in [-0.15, -0.1) is 0 Å². The van der Waals surface area contributed by atoms with Crippen LogP contribution < -0.4 is 0 Å². The summed E-state index contributed by atoms with van der Waals surface area (Å²) in [4.78, 5) is 10.8. The Labute approximate surface area is 93.5 Å².